The molecule has 9 nitrogen and oxygen atoms in total. The Balaban J connectivity index is 1.56. The number of alkyl halides is 3. The van der Waals surface area contributed by atoms with Gasteiger partial charge in [-0.15, -0.1) is 0 Å². The number of pyridine rings is 1. The Bertz CT molecular complexity index is 1650. The number of likely N-dealkylation sites (N-methyl/N-ethyl adjacent to an activating group) is 1. The fourth-order valence-electron chi connectivity index (χ4n) is 6.66. The number of halogens is 5. The van der Waals surface area contributed by atoms with E-state index in [1.807, 2.05) is 23.9 Å². The molecule has 2 N–H and O–H groups in total. The van der Waals surface area contributed by atoms with Crippen LogP contribution in [0.5, 0.6) is 11.8 Å². The van der Waals surface area contributed by atoms with Crippen molar-refractivity contribution in [1.29, 1.82) is 0 Å². The van der Waals surface area contributed by atoms with Gasteiger partial charge in [0.15, 0.2) is 17.4 Å². The molecule has 6 rings (SSSR count). The van der Waals surface area contributed by atoms with E-state index in [0.717, 1.165) is 50.9 Å². The first kappa shape index (κ1) is 30.3. The molecule has 0 saturated carbocycles. The average molecular weight is 620 g/mol. The fraction of sp³-hybridized carbons (Fsp3) is 0.500. The molecule has 2 saturated heterocycles. The summed E-state index contributed by atoms with van der Waals surface area (Å²) in [6.45, 7) is 8.40. The van der Waals surface area contributed by atoms with Gasteiger partial charge in [0, 0.05) is 19.6 Å². The lowest BCUT2D eigenvalue weighted by Gasteiger charge is -2.31. The van der Waals surface area contributed by atoms with E-state index in [-0.39, 0.29) is 53.9 Å². The maximum atomic E-state index is 16.6. The summed E-state index contributed by atoms with van der Waals surface area (Å²) >= 11 is 0. The number of ether oxygens (including phenoxy) is 2. The Morgan fingerprint density at radius 1 is 1.16 bits per heavy atom. The highest BCUT2D eigenvalue weighted by atomic mass is 19.4. The van der Waals surface area contributed by atoms with Gasteiger partial charge in [-0.2, -0.15) is 23.1 Å². The van der Waals surface area contributed by atoms with Crippen molar-refractivity contribution in [2.75, 3.05) is 70.7 Å². The molecule has 14 heteroatoms. The van der Waals surface area contributed by atoms with Gasteiger partial charge in [-0.1, -0.05) is 12.2 Å². The first-order valence-corrected chi connectivity index (χ1v) is 14.4. The minimum Gasteiger partial charge on any atom is -0.488 e. The molecule has 2 aromatic heterocycles. The first-order chi connectivity index (χ1) is 20.8. The van der Waals surface area contributed by atoms with Crippen LogP contribution < -0.4 is 20.1 Å². The summed E-state index contributed by atoms with van der Waals surface area (Å²) in [4.78, 5) is 18.8. The van der Waals surface area contributed by atoms with Gasteiger partial charge in [0.25, 0.3) is 0 Å². The van der Waals surface area contributed by atoms with Gasteiger partial charge in [0.2, 0.25) is 0 Å². The maximum absolute atomic E-state index is 16.6. The van der Waals surface area contributed by atoms with Gasteiger partial charge in [0.1, 0.15) is 30.4 Å². The lowest BCUT2D eigenvalue weighted by molar-refractivity contribution is -0.137. The summed E-state index contributed by atoms with van der Waals surface area (Å²) in [6.07, 6.45) is -2.37. The molecule has 1 aromatic carbocycles. The van der Waals surface area contributed by atoms with Crippen LogP contribution in [-0.2, 0) is 6.18 Å². The van der Waals surface area contributed by atoms with Crippen LogP contribution in [0.1, 0.15) is 30.4 Å². The first-order valence-electron chi connectivity index (χ1n) is 14.4. The third kappa shape index (κ3) is 5.17. The van der Waals surface area contributed by atoms with E-state index in [1.54, 1.807) is 0 Å². The van der Waals surface area contributed by atoms with Crippen molar-refractivity contribution in [2.24, 2.45) is 0 Å². The Morgan fingerprint density at radius 3 is 2.66 bits per heavy atom. The van der Waals surface area contributed by atoms with Crippen molar-refractivity contribution in [3.63, 3.8) is 0 Å². The zero-order valence-corrected chi connectivity index (χ0v) is 24.8. The summed E-state index contributed by atoms with van der Waals surface area (Å²) in [6, 6.07) is 0.839. The van der Waals surface area contributed by atoms with Crippen molar-refractivity contribution in [3.05, 3.63) is 41.0 Å². The van der Waals surface area contributed by atoms with Crippen LogP contribution >= 0.6 is 0 Å². The summed E-state index contributed by atoms with van der Waals surface area (Å²) in [5, 5.41) is -0.0866. The number of aryl methyl sites for hydroxylation is 1. The standard InChI is InChI=1S/C30H34F5N7O2/c1-16-13-29(6-5-7-42(29)14-16)15-44-28-38-25-20-26(43-11-10-41(27(20)39-28)9-8-40(3)4)23(32)19(22(25)31)24-21(30(33,34)35)17(2)12-18(36)37-24/h12H,1,5-11,13-15H2,2-4H3,(H2,36,37)/t29-/m1/s1. The zero-order chi connectivity index (χ0) is 31.6. The molecule has 236 valence electrons. The second-order valence-corrected chi connectivity index (χ2v) is 12.1. The molecule has 2 fully saturated rings. The van der Waals surface area contributed by atoms with Gasteiger partial charge in [-0.05, 0) is 58.5 Å². The number of nitrogens with two attached hydrogens (primary N) is 1. The van der Waals surface area contributed by atoms with E-state index in [4.69, 9.17) is 15.2 Å². The molecule has 0 unspecified atom stereocenters. The minimum atomic E-state index is -4.98. The van der Waals surface area contributed by atoms with Gasteiger partial charge < -0.3 is 25.0 Å². The molecular weight excluding hydrogens is 585 g/mol. The SMILES string of the molecule is C=C1CN2CCC[C@]2(COc2nc3c4c(c(F)c(-c5nc(N)cc(C)c5C(F)(F)F)c(F)c4n2)OCCN3CCN(C)C)C1. The second kappa shape index (κ2) is 11.0. The summed E-state index contributed by atoms with van der Waals surface area (Å²) in [7, 11) is 3.78. The third-order valence-corrected chi connectivity index (χ3v) is 8.63. The number of aromatic nitrogens is 3. The van der Waals surface area contributed by atoms with Gasteiger partial charge in [0.05, 0.1) is 34.3 Å². The molecular formula is C30H34F5N7O2. The highest BCUT2D eigenvalue weighted by molar-refractivity contribution is 5.99. The molecule has 0 radical (unpaired) electrons. The molecule has 0 aliphatic carbocycles. The number of anilines is 2. The summed E-state index contributed by atoms with van der Waals surface area (Å²) in [5.74, 6) is -3.28. The molecule has 5 heterocycles. The highest BCUT2D eigenvalue weighted by Crippen LogP contribution is 2.47. The van der Waals surface area contributed by atoms with Crippen LogP contribution in [0.15, 0.2) is 18.2 Å². The average Bonchev–Trinajstić information content (AvgIpc) is 3.38. The van der Waals surface area contributed by atoms with E-state index in [2.05, 4.69) is 26.4 Å². The van der Waals surface area contributed by atoms with Crippen molar-refractivity contribution >= 4 is 22.5 Å². The molecule has 3 aliphatic rings. The van der Waals surface area contributed by atoms with Crippen LogP contribution in [0.3, 0.4) is 0 Å². The summed E-state index contributed by atoms with van der Waals surface area (Å²) in [5.41, 5.74) is 2.52. The van der Waals surface area contributed by atoms with Crippen LogP contribution in [0.25, 0.3) is 22.2 Å². The maximum Gasteiger partial charge on any atom is 0.418 e. The minimum absolute atomic E-state index is 0.0350. The smallest absolute Gasteiger partial charge is 0.418 e. The number of benzene rings is 1. The van der Waals surface area contributed by atoms with Gasteiger partial charge >= 0.3 is 12.2 Å². The predicted octanol–water partition coefficient (Wildman–Crippen LogP) is 4.81. The van der Waals surface area contributed by atoms with E-state index in [9.17, 15) is 13.2 Å². The van der Waals surface area contributed by atoms with Crippen LogP contribution in [0.2, 0.25) is 0 Å². The van der Waals surface area contributed by atoms with Crippen LogP contribution in [-0.4, -0.2) is 90.3 Å². The molecule has 0 bridgehead atoms. The number of nitrogens with zero attached hydrogens (tertiary/aromatic N) is 6. The normalized spacial score (nSPS) is 20.4. The van der Waals surface area contributed by atoms with E-state index in [0.29, 0.717) is 13.1 Å². The third-order valence-electron chi connectivity index (χ3n) is 8.63. The topological polar surface area (TPSA) is 92.9 Å². The number of fused-ring (bicyclic) bond motifs is 1. The van der Waals surface area contributed by atoms with Crippen molar-refractivity contribution in [1.82, 2.24) is 24.8 Å². The Kier molecular flexibility index (Phi) is 7.55. The van der Waals surface area contributed by atoms with Crippen LogP contribution in [0.4, 0.5) is 33.6 Å². The van der Waals surface area contributed by atoms with E-state index in [1.165, 1.54) is 0 Å². The Morgan fingerprint density at radius 2 is 1.93 bits per heavy atom. The van der Waals surface area contributed by atoms with Gasteiger partial charge in [-0.25, -0.2) is 13.8 Å². The predicted molar refractivity (Wildman–Crippen MR) is 156 cm³/mol. The molecule has 3 aliphatic heterocycles. The molecule has 1 atom stereocenters. The van der Waals surface area contributed by atoms with Crippen LogP contribution in [0, 0.1) is 18.6 Å². The number of hydrogen-bond acceptors (Lipinski definition) is 9. The number of hydrogen-bond donors (Lipinski definition) is 1. The lowest BCUT2D eigenvalue weighted by atomic mass is 9.94. The zero-order valence-electron chi connectivity index (χ0n) is 24.8. The van der Waals surface area contributed by atoms with Gasteiger partial charge in [-0.3, -0.25) is 4.90 Å². The van der Waals surface area contributed by atoms with E-state index >= 15 is 8.78 Å². The highest BCUT2D eigenvalue weighted by Gasteiger charge is 2.47. The van der Waals surface area contributed by atoms with E-state index < -0.39 is 45.9 Å². The monoisotopic (exact) mass is 619 g/mol. The molecule has 3 aromatic rings. The molecule has 0 spiro atoms. The number of nitrogen functional groups attached to an aromatic ring is 1. The quantitative estimate of drug-likeness (QED) is 0.296. The number of rotatable bonds is 7. The molecule has 0 amide bonds. The Labute approximate surface area is 251 Å². The molecule has 44 heavy (non-hydrogen) atoms. The second-order valence-electron chi connectivity index (χ2n) is 12.1. The fourth-order valence-corrected chi connectivity index (χ4v) is 6.66. The Hall–Kier alpha value is -3.78. The lowest BCUT2D eigenvalue weighted by Crippen LogP contribution is -2.43. The van der Waals surface area contributed by atoms with Crippen molar-refractivity contribution in [3.8, 4) is 23.0 Å². The largest absolute Gasteiger partial charge is 0.488 e. The summed E-state index contributed by atoms with van der Waals surface area (Å²) < 4.78 is 87.6. The van der Waals surface area contributed by atoms with Crippen molar-refractivity contribution < 1.29 is 31.4 Å². The van der Waals surface area contributed by atoms with Crippen molar-refractivity contribution in [2.45, 2.75) is 37.9 Å².